The Kier molecular flexibility index (Phi) is 10.4. The third-order valence-electron chi connectivity index (χ3n) is 5.31. The van der Waals surface area contributed by atoms with E-state index in [1.54, 1.807) is 12.1 Å². The second kappa shape index (κ2) is 14.0. The van der Waals surface area contributed by atoms with Gasteiger partial charge in [-0.3, -0.25) is 9.63 Å². The molecular formula is C27H27N2O7P. The van der Waals surface area contributed by atoms with E-state index in [2.05, 4.69) is 0 Å². The summed E-state index contributed by atoms with van der Waals surface area (Å²) in [6, 6.07) is 25.0. The number of amides is 1. The van der Waals surface area contributed by atoms with E-state index in [9.17, 15) is 14.2 Å². The van der Waals surface area contributed by atoms with Gasteiger partial charge in [0.25, 0.3) is 0 Å². The van der Waals surface area contributed by atoms with Crippen LogP contribution in [0.2, 0.25) is 0 Å². The standard InChI is InChI=1S/C27H27N2O7P/c1-33-37(32,36-25-14-12-22(18-28)13-15-25)17-16-26(27(31)34-19-23-8-4-2-5-9-23)29(21-30)35-20-24-10-6-3-7-11-24/h2-15,21,26H,16-17,19-20H2,1H3. The maximum Gasteiger partial charge on any atom is 0.379 e. The summed E-state index contributed by atoms with van der Waals surface area (Å²) in [5.74, 6) is -0.495. The fourth-order valence-electron chi connectivity index (χ4n) is 3.30. The molecule has 3 aromatic carbocycles. The highest BCUT2D eigenvalue weighted by Gasteiger charge is 2.33. The monoisotopic (exact) mass is 522 g/mol. The first-order valence-corrected chi connectivity index (χ1v) is 13.1. The largest absolute Gasteiger partial charge is 0.459 e. The number of hydrogen-bond donors (Lipinski definition) is 0. The maximum absolute atomic E-state index is 13.3. The van der Waals surface area contributed by atoms with Crippen molar-refractivity contribution < 1.29 is 32.8 Å². The van der Waals surface area contributed by atoms with Crippen LogP contribution >= 0.6 is 7.60 Å². The maximum atomic E-state index is 13.3. The summed E-state index contributed by atoms with van der Waals surface area (Å²) in [5, 5.41) is 9.82. The van der Waals surface area contributed by atoms with Crippen LogP contribution in [0, 0.1) is 11.3 Å². The molecule has 9 nitrogen and oxygen atoms in total. The Balaban J connectivity index is 1.73. The fraction of sp³-hybridized carbons (Fsp3) is 0.222. The van der Waals surface area contributed by atoms with Crippen molar-refractivity contribution in [3.63, 3.8) is 0 Å². The number of rotatable bonds is 14. The molecule has 3 rings (SSSR count). The molecule has 0 spiro atoms. The lowest BCUT2D eigenvalue weighted by Crippen LogP contribution is -2.42. The third-order valence-corrected chi connectivity index (χ3v) is 7.16. The van der Waals surface area contributed by atoms with Gasteiger partial charge < -0.3 is 13.8 Å². The summed E-state index contributed by atoms with van der Waals surface area (Å²) in [7, 11) is -2.50. The number of hydroxylamine groups is 2. The number of nitriles is 1. The Hall–Kier alpha value is -3.96. The van der Waals surface area contributed by atoms with Gasteiger partial charge in [0.1, 0.15) is 19.0 Å². The summed E-state index contributed by atoms with van der Waals surface area (Å²) in [4.78, 5) is 30.6. The summed E-state index contributed by atoms with van der Waals surface area (Å²) >= 11 is 0. The van der Waals surface area contributed by atoms with Crippen LogP contribution < -0.4 is 4.52 Å². The van der Waals surface area contributed by atoms with E-state index >= 15 is 0 Å². The number of esters is 1. The number of carbonyl (C=O) groups excluding carboxylic acids is 2. The van der Waals surface area contributed by atoms with E-state index in [0.29, 0.717) is 12.0 Å². The predicted molar refractivity (Wildman–Crippen MR) is 135 cm³/mol. The van der Waals surface area contributed by atoms with Crippen LogP contribution in [0.5, 0.6) is 5.75 Å². The lowest BCUT2D eigenvalue weighted by atomic mass is 10.2. The van der Waals surface area contributed by atoms with E-state index in [-0.39, 0.29) is 31.5 Å². The Morgan fingerprint density at radius 3 is 2.11 bits per heavy atom. The van der Waals surface area contributed by atoms with Crippen molar-refractivity contribution in [2.45, 2.75) is 25.7 Å². The van der Waals surface area contributed by atoms with Crippen LogP contribution in [-0.2, 0) is 41.5 Å². The average Bonchev–Trinajstić information content (AvgIpc) is 2.95. The molecule has 0 N–H and O–H groups in total. The van der Waals surface area contributed by atoms with Gasteiger partial charge in [-0.1, -0.05) is 60.7 Å². The zero-order valence-electron chi connectivity index (χ0n) is 20.3. The molecule has 0 radical (unpaired) electrons. The highest BCUT2D eigenvalue weighted by atomic mass is 31.2. The van der Waals surface area contributed by atoms with Crippen LogP contribution in [0.15, 0.2) is 84.9 Å². The van der Waals surface area contributed by atoms with Crippen molar-refractivity contribution in [3.05, 3.63) is 102 Å². The first-order valence-electron chi connectivity index (χ1n) is 11.4. The van der Waals surface area contributed by atoms with E-state index in [0.717, 1.165) is 16.2 Å². The van der Waals surface area contributed by atoms with Crippen molar-refractivity contribution in [1.29, 1.82) is 5.26 Å². The molecule has 2 atom stereocenters. The van der Waals surface area contributed by atoms with Gasteiger partial charge in [0.15, 0.2) is 6.04 Å². The number of ether oxygens (including phenoxy) is 1. The van der Waals surface area contributed by atoms with Crippen molar-refractivity contribution in [2.24, 2.45) is 0 Å². The second-order valence-electron chi connectivity index (χ2n) is 7.87. The van der Waals surface area contributed by atoms with E-state index in [1.807, 2.05) is 54.6 Å². The molecule has 0 bridgehead atoms. The summed E-state index contributed by atoms with van der Waals surface area (Å²) in [5.41, 5.74) is 1.97. The van der Waals surface area contributed by atoms with Gasteiger partial charge in [-0.2, -0.15) is 5.26 Å². The molecule has 10 heteroatoms. The van der Waals surface area contributed by atoms with Crippen molar-refractivity contribution >= 4 is 20.0 Å². The van der Waals surface area contributed by atoms with Gasteiger partial charge in [0.05, 0.1) is 17.8 Å². The van der Waals surface area contributed by atoms with Crippen LogP contribution in [0.4, 0.5) is 0 Å². The molecular weight excluding hydrogens is 495 g/mol. The lowest BCUT2D eigenvalue weighted by molar-refractivity contribution is -0.203. The predicted octanol–water partition coefficient (Wildman–Crippen LogP) is 4.87. The zero-order chi connectivity index (χ0) is 26.5. The number of nitrogens with zero attached hydrogens (tertiary/aromatic N) is 2. The molecule has 0 aliphatic rings. The van der Waals surface area contributed by atoms with Gasteiger partial charge in [-0.15, -0.1) is 0 Å². The molecule has 0 aliphatic heterocycles. The lowest BCUT2D eigenvalue weighted by Gasteiger charge is -2.27. The van der Waals surface area contributed by atoms with Crippen molar-refractivity contribution in [3.8, 4) is 11.8 Å². The van der Waals surface area contributed by atoms with E-state index in [1.165, 1.54) is 31.4 Å². The number of benzene rings is 3. The molecule has 1 amide bonds. The highest BCUT2D eigenvalue weighted by molar-refractivity contribution is 7.54. The van der Waals surface area contributed by atoms with Crippen LogP contribution in [0.3, 0.4) is 0 Å². The Labute approximate surface area is 215 Å². The molecule has 0 aliphatic carbocycles. The smallest absolute Gasteiger partial charge is 0.379 e. The average molecular weight is 522 g/mol. The number of hydrogen-bond acceptors (Lipinski definition) is 8. The minimum absolute atomic E-state index is 0.00869. The topological polar surface area (TPSA) is 115 Å². The molecule has 0 aromatic heterocycles. The highest BCUT2D eigenvalue weighted by Crippen LogP contribution is 2.48. The van der Waals surface area contributed by atoms with Gasteiger partial charge >= 0.3 is 13.6 Å². The molecule has 3 aromatic rings. The first kappa shape index (κ1) is 27.6. The molecule has 192 valence electrons. The molecule has 2 unspecified atom stereocenters. The van der Waals surface area contributed by atoms with Crippen LogP contribution in [0.25, 0.3) is 0 Å². The summed E-state index contributed by atoms with van der Waals surface area (Å²) < 4.78 is 29.5. The van der Waals surface area contributed by atoms with Crippen LogP contribution in [0.1, 0.15) is 23.1 Å². The Bertz CT molecular complexity index is 1230. The second-order valence-corrected chi connectivity index (χ2v) is 10.1. The Morgan fingerprint density at radius 2 is 1.57 bits per heavy atom. The van der Waals surface area contributed by atoms with Gasteiger partial charge in [-0.25, -0.2) is 14.4 Å². The first-order chi connectivity index (χ1) is 18.0. The quantitative estimate of drug-likeness (QED) is 0.127. The van der Waals surface area contributed by atoms with Gasteiger partial charge in [-0.05, 0) is 41.8 Å². The normalized spacial score (nSPS) is 13.0. The SMILES string of the molecule is COP(=O)(CCC(C(=O)OCc1ccccc1)N(C=O)OCc1ccccc1)Oc1ccc(C#N)cc1. The van der Waals surface area contributed by atoms with Crippen molar-refractivity contribution in [2.75, 3.05) is 13.3 Å². The molecule has 0 heterocycles. The summed E-state index contributed by atoms with van der Waals surface area (Å²) in [6.45, 7) is 0.0248. The van der Waals surface area contributed by atoms with Gasteiger partial charge in [0.2, 0.25) is 6.41 Å². The number of carbonyl (C=O) groups is 2. The zero-order valence-corrected chi connectivity index (χ0v) is 21.2. The molecule has 37 heavy (non-hydrogen) atoms. The Morgan fingerprint density at radius 1 is 0.973 bits per heavy atom. The van der Waals surface area contributed by atoms with Crippen molar-refractivity contribution in [1.82, 2.24) is 5.06 Å². The van der Waals surface area contributed by atoms with E-state index < -0.39 is 19.6 Å². The van der Waals surface area contributed by atoms with Crippen LogP contribution in [-0.4, -0.2) is 36.8 Å². The van der Waals surface area contributed by atoms with Gasteiger partial charge in [0, 0.05) is 7.11 Å². The minimum Gasteiger partial charge on any atom is -0.459 e. The van der Waals surface area contributed by atoms with E-state index in [4.69, 9.17) is 23.9 Å². The molecule has 0 fully saturated rings. The summed E-state index contributed by atoms with van der Waals surface area (Å²) in [6.07, 6.45) is 0.0484. The minimum atomic E-state index is -3.73. The third kappa shape index (κ3) is 8.58. The fourth-order valence-corrected chi connectivity index (χ4v) is 4.65. The molecule has 0 saturated carbocycles. The molecule has 0 saturated heterocycles.